The van der Waals surface area contributed by atoms with Gasteiger partial charge in [0.05, 0.1) is 5.52 Å². The van der Waals surface area contributed by atoms with Gasteiger partial charge in [-0.1, -0.05) is 63.1 Å². The lowest BCUT2D eigenvalue weighted by Gasteiger charge is -2.04. The molecule has 0 amide bonds. The molecule has 96 valence electrons. The molecule has 0 N–H and O–H groups in total. The molecule has 1 aromatic heterocycles. The molecule has 0 unspecified atom stereocenters. The zero-order valence-corrected chi connectivity index (χ0v) is 11.4. The maximum atomic E-state index is 4.19. The zero-order valence-electron chi connectivity index (χ0n) is 11.4. The van der Waals surface area contributed by atoms with Gasteiger partial charge in [-0.15, -0.1) is 0 Å². The molecule has 1 nitrogen and oxygen atoms in total. The summed E-state index contributed by atoms with van der Waals surface area (Å²) in [4.78, 5) is 0. The van der Waals surface area contributed by atoms with Crippen LogP contribution in [0, 0.1) is 0 Å². The maximum Gasteiger partial charge on any atom is 0.0540 e. The highest BCUT2D eigenvalue weighted by molar-refractivity contribution is 5.86. The molecular weight excluding hydrogens is 230 g/mol. The summed E-state index contributed by atoms with van der Waals surface area (Å²) in [5, 5.41) is 3.28. The van der Waals surface area contributed by atoms with E-state index >= 15 is 0 Å². The second-order valence-electron chi connectivity index (χ2n) is 4.41. The van der Waals surface area contributed by atoms with Crippen molar-refractivity contribution in [3.8, 4) is 0 Å². The molecule has 0 atom stereocenters. The molecule has 0 fully saturated rings. The van der Waals surface area contributed by atoms with Gasteiger partial charge in [-0.2, -0.15) is 0 Å². The minimum Gasteiger partial charge on any atom is -0.310 e. The van der Waals surface area contributed by atoms with E-state index in [0.717, 1.165) is 28.2 Å². The van der Waals surface area contributed by atoms with Crippen LogP contribution in [-0.4, -0.2) is 4.57 Å². The Hall–Kier alpha value is -2.28. The largest absolute Gasteiger partial charge is 0.310 e. The first-order valence-corrected chi connectivity index (χ1v) is 6.47. The van der Waals surface area contributed by atoms with Gasteiger partial charge in [0.25, 0.3) is 0 Å². The standard InChI is InChI=1S/C18H19N/c1-5-7-8-11-16-15(4)19(14(3)6-2)18-13-10-9-12-17(16)18/h6-13H,2-5H2,1H3/b8-7-,16-11+. The highest BCUT2D eigenvalue weighted by Crippen LogP contribution is 2.12. The first-order chi connectivity index (χ1) is 9.20. The van der Waals surface area contributed by atoms with E-state index in [-0.39, 0.29) is 0 Å². The van der Waals surface area contributed by atoms with Gasteiger partial charge in [0.1, 0.15) is 0 Å². The smallest absolute Gasteiger partial charge is 0.0540 e. The Morgan fingerprint density at radius 1 is 1.32 bits per heavy atom. The Kier molecular flexibility index (Phi) is 3.86. The molecule has 0 saturated heterocycles. The molecule has 0 aliphatic rings. The number of nitrogens with zero attached hydrogens (tertiary/aromatic N) is 1. The third kappa shape index (κ3) is 2.32. The molecule has 1 heterocycles. The Morgan fingerprint density at radius 3 is 2.74 bits per heavy atom. The van der Waals surface area contributed by atoms with Crippen molar-refractivity contribution >= 4 is 29.3 Å². The molecule has 0 aliphatic carbocycles. The van der Waals surface area contributed by atoms with Gasteiger partial charge >= 0.3 is 0 Å². The molecule has 1 aromatic carbocycles. The lowest BCUT2D eigenvalue weighted by molar-refractivity contribution is 1.12. The third-order valence-electron chi connectivity index (χ3n) is 3.17. The van der Waals surface area contributed by atoms with Crippen LogP contribution >= 0.6 is 0 Å². The number of hydrogen-bond donors (Lipinski definition) is 0. The Bertz CT molecular complexity index is 757. The van der Waals surface area contributed by atoms with Crippen molar-refractivity contribution in [2.45, 2.75) is 13.3 Å². The van der Waals surface area contributed by atoms with Gasteiger partial charge in [0, 0.05) is 21.7 Å². The van der Waals surface area contributed by atoms with Crippen molar-refractivity contribution in [2.75, 3.05) is 0 Å². The molecule has 0 radical (unpaired) electrons. The third-order valence-corrected chi connectivity index (χ3v) is 3.17. The van der Waals surface area contributed by atoms with Crippen LogP contribution in [0.2, 0.25) is 0 Å². The van der Waals surface area contributed by atoms with E-state index in [1.807, 2.05) is 16.7 Å². The van der Waals surface area contributed by atoms with Crippen molar-refractivity contribution in [1.29, 1.82) is 0 Å². The van der Waals surface area contributed by atoms with Crippen LogP contribution in [0.25, 0.3) is 29.3 Å². The Labute approximate surface area is 114 Å². The van der Waals surface area contributed by atoms with E-state index in [1.165, 1.54) is 5.39 Å². The van der Waals surface area contributed by atoms with E-state index in [1.54, 1.807) is 6.08 Å². The lowest BCUT2D eigenvalue weighted by atomic mass is 10.2. The Morgan fingerprint density at radius 2 is 2.05 bits per heavy atom. The summed E-state index contributed by atoms with van der Waals surface area (Å²) in [7, 11) is 0. The fourth-order valence-corrected chi connectivity index (χ4v) is 2.22. The van der Waals surface area contributed by atoms with E-state index in [2.05, 4.69) is 57.0 Å². The van der Waals surface area contributed by atoms with Gasteiger partial charge in [-0.3, -0.25) is 0 Å². The maximum absolute atomic E-state index is 4.19. The fourth-order valence-electron chi connectivity index (χ4n) is 2.22. The van der Waals surface area contributed by atoms with Crippen LogP contribution in [0.4, 0.5) is 0 Å². The van der Waals surface area contributed by atoms with Crippen LogP contribution in [0.5, 0.6) is 0 Å². The number of allylic oxidation sites excluding steroid dienone is 4. The second kappa shape index (κ2) is 5.57. The van der Waals surface area contributed by atoms with Crippen molar-refractivity contribution in [1.82, 2.24) is 4.57 Å². The van der Waals surface area contributed by atoms with E-state index in [4.69, 9.17) is 0 Å². The summed E-state index contributed by atoms with van der Waals surface area (Å²) >= 11 is 0. The zero-order chi connectivity index (χ0) is 13.8. The molecular formula is C18H19N. The summed E-state index contributed by atoms with van der Waals surface area (Å²) in [6, 6.07) is 8.27. The summed E-state index contributed by atoms with van der Waals surface area (Å²) in [6.07, 6.45) is 9.11. The highest BCUT2D eigenvalue weighted by atomic mass is 15.0. The van der Waals surface area contributed by atoms with Crippen LogP contribution in [0.3, 0.4) is 0 Å². The SMILES string of the molecule is C=CC(=C)n1c(=C)/c(=C\C=C/CC)c2ccccc21. The fraction of sp³-hybridized carbons (Fsp3) is 0.111. The van der Waals surface area contributed by atoms with Crippen molar-refractivity contribution in [3.05, 3.63) is 66.2 Å². The number of para-hydroxylation sites is 1. The molecule has 0 saturated carbocycles. The second-order valence-corrected chi connectivity index (χ2v) is 4.41. The summed E-state index contributed by atoms with van der Waals surface area (Å²) < 4.78 is 2.05. The minimum absolute atomic E-state index is 0.848. The summed E-state index contributed by atoms with van der Waals surface area (Å²) in [5.74, 6) is 0. The topological polar surface area (TPSA) is 4.93 Å². The van der Waals surface area contributed by atoms with Gasteiger partial charge in [0.15, 0.2) is 0 Å². The van der Waals surface area contributed by atoms with Gasteiger partial charge in [0.2, 0.25) is 0 Å². The number of hydrogen-bond acceptors (Lipinski definition) is 0. The van der Waals surface area contributed by atoms with Crippen LogP contribution < -0.4 is 10.6 Å². The van der Waals surface area contributed by atoms with E-state index < -0.39 is 0 Å². The number of aromatic nitrogens is 1. The van der Waals surface area contributed by atoms with Crippen molar-refractivity contribution in [3.63, 3.8) is 0 Å². The average molecular weight is 249 g/mol. The number of rotatable bonds is 4. The van der Waals surface area contributed by atoms with Crippen LogP contribution in [-0.2, 0) is 0 Å². The van der Waals surface area contributed by atoms with E-state index in [0.29, 0.717) is 0 Å². The normalized spacial score (nSPS) is 12.4. The first kappa shape index (κ1) is 13.2. The number of fused-ring (bicyclic) bond motifs is 1. The quantitative estimate of drug-likeness (QED) is 0.731. The number of benzene rings is 1. The predicted molar refractivity (Wildman–Crippen MR) is 86.1 cm³/mol. The van der Waals surface area contributed by atoms with Gasteiger partial charge in [-0.25, -0.2) is 0 Å². The van der Waals surface area contributed by atoms with Crippen LogP contribution in [0.1, 0.15) is 13.3 Å². The molecule has 2 rings (SSSR count). The van der Waals surface area contributed by atoms with Crippen molar-refractivity contribution in [2.24, 2.45) is 0 Å². The van der Waals surface area contributed by atoms with Crippen molar-refractivity contribution < 1.29 is 0 Å². The molecule has 0 spiro atoms. The first-order valence-electron chi connectivity index (χ1n) is 6.47. The molecule has 0 aliphatic heterocycles. The van der Waals surface area contributed by atoms with Gasteiger partial charge in [-0.05, 0) is 18.6 Å². The Balaban J connectivity index is 2.86. The molecule has 1 heteroatoms. The van der Waals surface area contributed by atoms with Gasteiger partial charge < -0.3 is 4.57 Å². The monoisotopic (exact) mass is 249 g/mol. The molecule has 0 bridgehead atoms. The highest BCUT2D eigenvalue weighted by Gasteiger charge is 2.05. The minimum atomic E-state index is 0.848. The van der Waals surface area contributed by atoms with Crippen LogP contribution in [0.15, 0.2) is 55.7 Å². The molecule has 19 heavy (non-hydrogen) atoms. The summed E-state index contributed by atoms with van der Waals surface area (Å²) in [6.45, 7) is 14.2. The van der Waals surface area contributed by atoms with E-state index in [9.17, 15) is 0 Å². The molecule has 2 aromatic rings. The lowest BCUT2D eigenvalue weighted by Crippen LogP contribution is -2.26. The average Bonchev–Trinajstić information content (AvgIpc) is 2.71. The summed E-state index contributed by atoms with van der Waals surface area (Å²) in [5.41, 5.74) is 1.97. The predicted octanol–water partition coefficient (Wildman–Crippen LogP) is 3.46.